The van der Waals surface area contributed by atoms with Gasteiger partial charge in [-0.15, -0.1) is 24.0 Å². The second-order valence-electron chi connectivity index (χ2n) is 6.28. The van der Waals surface area contributed by atoms with Gasteiger partial charge in [0.2, 0.25) is 10.0 Å². The maximum Gasteiger partial charge on any atom is 0.422 e. The molecule has 0 bridgehead atoms. The molecule has 0 aliphatic heterocycles. The monoisotopic (exact) mass is 566 g/mol. The number of sulfonamides is 1. The van der Waals surface area contributed by atoms with Crippen molar-refractivity contribution in [2.75, 3.05) is 39.0 Å². The van der Waals surface area contributed by atoms with Crippen LogP contribution in [-0.2, 0) is 16.6 Å². The lowest BCUT2D eigenvalue weighted by molar-refractivity contribution is -0.153. The van der Waals surface area contributed by atoms with Crippen molar-refractivity contribution in [2.45, 2.75) is 33.0 Å². The molecule has 12 heteroatoms. The summed E-state index contributed by atoms with van der Waals surface area (Å²) >= 11 is 0. The summed E-state index contributed by atoms with van der Waals surface area (Å²) in [5, 5.41) is 6.23. The molecule has 0 saturated carbocycles. The fourth-order valence-electron chi connectivity index (χ4n) is 2.39. The summed E-state index contributed by atoms with van der Waals surface area (Å²) in [6.07, 6.45) is -2.56. The molecule has 0 unspecified atom stereocenters. The van der Waals surface area contributed by atoms with Crippen LogP contribution in [0.4, 0.5) is 13.2 Å². The van der Waals surface area contributed by atoms with E-state index in [1.807, 2.05) is 6.92 Å². The summed E-state index contributed by atoms with van der Waals surface area (Å²) in [5.74, 6) is 0.721. The van der Waals surface area contributed by atoms with Crippen molar-refractivity contribution in [1.29, 1.82) is 0 Å². The molecule has 0 spiro atoms. The average molecular weight is 566 g/mol. The molecule has 0 aromatic heterocycles. The number of rotatable bonds is 11. The first-order chi connectivity index (χ1) is 13.5. The Hall–Kier alpha value is -1.28. The highest BCUT2D eigenvalue weighted by Crippen LogP contribution is 2.19. The molecule has 1 aromatic rings. The third-order valence-corrected chi connectivity index (χ3v) is 5.17. The van der Waals surface area contributed by atoms with E-state index in [0.717, 1.165) is 5.56 Å². The van der Waals surface area contributed by atoms with E-state index in [4.69, 9.17) is 0 Å². The summed E-state index contributed by atoms with van der Waals surface area (Å²) in [4.78, 5) is 4.43. The smallest absolute Gasteiger partial charge is 0.422 e. The number of nitrogens with one attached hydrogen (secondary N) is 2. The van der Waals surface area contributed by atoms with Crippen molar-refractivity contribution in [3.63, 3.8) is 0 Å². The first kappa shape index (κ1) is 28.7. The van der Waals surface area contributed by atoms with Crippen LogP contribution < -0.4 is 15.4 Å². The van der Waals surface area contributed by atoms with Crippen LogP contribution in [-0.4, -0.2) is 63.9 Å². The number of ether oxygens (including phenoxy) is 1. The Morgan fingerprint density at radius 3 is 2.30 bits per heavy atom. The summed E-state index contributed by atoms with van der Waals surface area (Å²) in [6, 6.07) is 6.26. The maximum atomic E-state index is 12.2. The van der Waals surface area contributed by atoms with Crippen LogP contribution in [0.3, 0.4) is 0 Å². The largest absolute Gasteiger partial charge is 0.484 e. The van der Waals surface area contributed by atoms with Gasteiger partial charge in [0.05, 0.1) is 12.8 Å². The molecule has 1 rings (SSSR count). The van der Waals surface area contributed by atoms with E-state index >= 15 is 0 Å². The number of nitrogens with zero attached hydrogens (tertiary/aromatic N) is 2. The van der Waals surface area contributed by atoms with Crippen molar-refractivity contribution < 1.29 is 26.3 Å². The molecule has 30 heavy (non-hydrogen) atoms. The van der Waals surface area contributed by atoms with Gasteiger partial charge in [0.25, 0.3) is 0 Å². The van der Waals surface area contributed by atoms with E-state index < -0.39 is 22.8 Å². The molecule has 0 amide bonds. The van der Waals surface area contributed by atoms with Crippen LogP contribution in [0.25, 0.3) is 0 Å². The highest BCUT2D eigenvalue weighted by molar-refractivity contribution is 14.0. The lowest BCUT2D eigenvalue weighted by Crippen LogP contribution is -2.39. The van der Waals surface area contributed by atoms with E-state index in [1.54, 1.807) is 19.1 Å². The fraction of sp³-hybridized carbons (Fsp3) is 0.611. The molecule has 0 atom stereocenters. The van der Waals surface area contributed by atoms with E-state index in [-0.39, 0.29) is 29.7 Å². The molecule has 174 valence electrons. The lowest BCUT2D eigenvalue weighted by Gasteiger charge is -2.18. The second-order valence-corrected chi connectivity index (χ2v) is 8.26. The van der Waals surface area contributed by atoms with Crippen molar-refractivity contribution in [3.8, 4) is 5.75 Å². The van der Waals surface area contributed by atoms with Gasteiger partial charge in [-0.3, -0.25) is 0 Å². The van der Waals surface area contributed by atoms with Gasteiger partial charge in [0.15, 0.2) is 12.6 Å². The Kier molecular flexibility index (Phi) is 13.3. The molecule has 0 fully saturated rings. The maximum absolute atomic E-state index is 12.2. The van der Waals surface area contributed by atoms with Crippen molar-refractivity contribution in [2.24, 2.45) is 4.99 Å². The Balaban J connectivity index is 0.00000841. The zero-order valence-corrected chi connectivity index (χ0v) is 20.5. The van der Waals surface area contributed by atoms with Crippen LogP contribution in [0.15, 0.2) is 29.3 Å². The molecule has 0 heterocycles. The lowest BCUT2D eigenvalue weighted by atomic mass is 10.2. The highest BCUT2D eigenvalue weighted by Gasteiger charge is 2.28. The molecule has 0 aliphatic rings. The topological polar surface area (TPSA) is 83.0 Å². The summed E-state index contributed by atoms with van der Waals surface area (Å²) < 4.78 is 65.7. The minimum absolute atomic E-state index is 0. The minimum atomic E-state index is -4.37. The van der Waals surface area contributed by atoms with E-state index in [9.17, 15) is 21.6 Å². The first-order valence-corrected chi connectivity index (χ1v) is 11.2. The summed E-state index contributed by atoms with van der Waals surface area (Å²) in [6.45, 7) is 4.76. The Bertz CT molecular complexity index is 744. The molecule has 2 N–H and O–H groups in total. The van der Waals surface area contributed by atoms with Gasteiger partial charge in [-0.05, 0) is 31.0 Å². The summed E-state index contributed by atoms with van der Waals surface area (Å²) in [5.41, 5.74) is 0.816. The number of aliphatic imine (C=N–C) groups is 1. The molecule has 0 radical (unpaired) electrons. The van der Waals surface area contributed by atoms with Crippen LogP contribution in [0.1, 0.15) is 25.8 Å². The van der Waals surface area contributed by atoms with Gasteiger partial charge in [0, 0.05) is 26.2 Å². The average Bonchev–Trinajstić information content (AvgIpc) is 2.63. The predicted octanol–water partition coefficient (Wildman–Crippen LogP) is 2.97. The Labute approximate surface area is 193 Å². The zero-order valence-electron chi connectivity index (χ0n) is 17.3. The zero-order chi connectivity index (χ0) is 21.9. The van der Waals surface area contributed by atoms with Gasteiger partial charge >= 0.3 is 6.18 Å². The fourth-order valence-corrected chi connectivity index (χ4v) is 3.32. The Morgan fingerprint density at radius 2 is 1.80 bits per heavy atom. The first-order valence-electron chi connectivity index (χ1n) is 9.31. The van der Waals surface area contributed by atoms with Gasteiger partial charge in [0.1, 0.15) is 5.75 Å². The third-order valence-electron chi connectivity index (χ3n) is 3.79. The van der Waals surface area contributed by atoms with Crippen molar-refractivity contribution >= 4 is 40.0 Å². The predicted molar refractivity (Wildman–Crippen MR) is 123 cm³/mol. The number of hydrogen-bond donors (Lipinski definition) is 2. The van der Waals surface area contributed by atoms with Crippen molar-refractivity contribution in [1.82, 2.24) is 14.9 Å². The third kappa shape index (κ3) is 12.4. The summed E-state index contributed by atoms with van der Waals surface area (Å²) in [7, 11) is -3.20. The van der Waals surface area contributed by atoms with Crippen LogP contribution in [0, 0.1) is 0 Å². The van der Waals surface area contributed by atoms with Crippen LogP contribution in [0.5, 0.6) is 5.75 Å². The van der Waals surface area contributed by atoms with E-state index in [2.05, 4.69) is 20.4 Å². The van der Waals surface area contributed by atoms with Gasteiger partial charge in [-0.1, -0.05) is 19.1 Å². The number of halogens is 4. The van der Waals surface area contributed by atoms with Crippen molar-refractivity contribution in [3.05, 3.63) is 29.8 Å². The molecular formula is C18H30F3IN4O3S. The number of hydrogen-bond acceptors (Lipinski definition) is 4. The van der Waals surface area contributed by atoms with Gasteiger partial charge in [-0.25, -0.2) is 17.7 Å². The molecule has 1 aromatic carbocycles. The van der Waals surface area contributed by atoms with Gasteiger partial charge < -0.3 is 15.4 Å². The molecular weight excluding hydrogens is 536 g/mol. The molecule has 0 saturated heterocycles. The quantitative estimate of drug-likeness (QED) is 0.186. The molecule has 0 aliphatic carbocycles. The number of guanidine groups is 1. The van der Waals surface area contributed by atoms with Crippen LogP contribution >= 0.6 is 24.0 Å². The van der Waals surface area contributed by atoms with Crippen LogP contribution in [0.2, 0.25) is 0 Å². The van der Waals surface area contributed by atoms with E-state index in [0.29, 0.717) is 45.1 Å². The highest BCUT2D eigenvalue weighted by atomic mass is 127. The molecule has 7 nitrogen and oxygen atoms in total. The SMILES string of the molecule is CCNC(=NCc1ccc(OCC(F)(F)F)cc1)NCCCN(CC)S(C)(=O)=O.I. The number of benzene rings is 1. The standard InChI is InChI=1S/C18H29F3N4O3S.HI/c1-4-22-17(23-11-6-12-25(5-2)29(3,26)27)24-13-15-7-9-16(10-8-15)28-14-18(19,20)21;/h7-10H,4-6,11-14H2,1-3H3,(H2,22,23,24);1H. The number of alkyl halides is 3. The van der Waals surface area contributed by atoms with E-state index in [1.165, 1.54) is 22.7 Å². The van der Waals surface area contributed by atoms with Gasteiger partial charge in [-0.2, -0.15) is 13.2 Å². The minimum Gasteiger partial charge on any atom is -0.484 e. The second kappa shape index (κ2) is 13.9. The normalized spacial score (nSPS) is 12.4. The Morgan fingerprint density at radius 1 is 1.17 bits per heavy atom.